The third-order valence-electron chi connectivity index (χ3n) is 3.84. The second-order valence-electron chi connectivity index (χ2n) is 5.83. The number of nitrogens with one attached hydrogen (secondary N) is 1. The van der Waals surface area contributed by atoms with Gasteiger partial charge in [0.2, 0.25) is 11.6 Å². The van der Waals surface area contributed by atoms with Crippen LogP contribution in [0.2, 0.25) is 0 Å². The third kappa shape index (κ3) is 4.84. The number of carbonyl (C=O) groups is 1. The van der Waals surface area contributed by atoms with Crippen molar-refractivity contribution < 1.29 is 23.4 Å². The van der Waals surface area contributed by atoms with Crippen LogP contribution in [-0.2, 0) is 0 Å². The largest absolute Gasteiger partial charge is 0.490 e. The number of amides is 1. The van der Waals surface area contributed by atoms with E-state index in [1.165, 1.54) is 0 Å². The van der Waals surface area contributed by atoms with E-state index in [0.717, 1.165) is 5.56 Å². The van der Waals surface area contributed by atoms with E-state index in [9.17, 15) is 4.79 Å². The van der Waals surface area contributed by atoms with Gasteiger partial charge in [0.1, 0.15) is 0 Å². The lowest BCUT2D eigenvalue weighted by Crippen LogP contribution is -2.13. The van der Waals surface area contributed by atoms with Crippen molar-refractivity contribution in [3.05, 3.63) is 48.0 Å². The highest BCUT2D eigenvalue weighted by molar-refractivity contribution is 6.04. The number of carbonyl (C=O) groups excluding carboxylic acids is 1. The molecule has 1 heterocycles. The van der Waals surface area contributed by atoms with Crippen molar-refractivity contribution >= 4 is 11.9 Å². The maximum Gasteiger partial charge on any atom is 0.322 e. The highest BCUT2D eigenvalue weighted by atomic mass is 16.5. The van der Waals surface area contributed by atoms with Crippen LogP contribution in [0.5, 0.6) is 17.2 Å². The summed E-state index contributed by atoms with van der Waals surface area (Å²) in [6, 6.07) is 12.5. The van der Waals surface area contributed by atoms with Crippen molar-refractivity contribution in [3.63, 3.8) is 0 Å². The highest BCUT2D eigenvalue weighted by Crippen LogP contribution is 2.39. The first-order valence-electron chi connectivity index (χ1n) is 9.42. The maximum absolute atomic E-state index is 12.8. The number of aromatic nitrogens is 2. The zero-order valence-corrected chi connectivity index (χ0v) is 16.6. The van der Waals surface area contributed by atoms with Gasteiger partial charge in [0.05, 0.1) is 19.8 Å². The average molecular weight is 397 g/mol. The summed E-state index contributed by atoms with van der Waals surface area (Å²) in [4.78, 5) is 12.8. The van der Waals surface area contributed by atoms with E-state index in [-0.39, 0.29) is 6.01 Å². The molecule has 3 rings (SSSR count). The van der Waals surface area contributed by atoms with Crippen molar-refractivity contribution in [1.82, 2.24) is 10.2 Å². The van der Waals surface area contributed by atoms with Crippen molar-refractivity contribution in [2.45, 2.75) is 20.8 Å². The van der Waals surface area contributed by atoms with Crippen molar-refractivity contribution in [1.29, 1.82) is 0 Å². The van der Waals surface area contributed by atoms with Crippen LogP contribution < -0.4 is 19.5 Å². The molecule has 1 aromatic heterocycles. The fourth-order valence-electron chi connectivity index (χ4n) is 2.66. The van der Waals surface area contributed by atoms with Crippen LogP contribution in [-0.4, -0.2) is 35.9 Å². The van der Waals surface area contributed by atoms with Gasteiger partial charge < -0.3 is 18.6 Å². The third-order valence-corrected chi connectivity index (χ3v) is 3.84. The SMILES string of the molecule is CCOc1cc(C(=O)Nc2nnc(-c3ccccc3)o2)cc(OCC)c1OCC. The van der Waals surface area contributed by atoms with E-state index in [2.05, 4.69) is 15.5 Å². The minimum atomic E-state index is -0.432. The van der Waals surface area contributed by atoms with E-state index in [1.807, 2.05) is 51.1 Å². The Kier molecular flexibility index (Phi) is 6.67. The van der Waals surface area contributed by atoms with Gasteiger partial charge in [0, 0.05) is 11.1 Å². The summed E-state index contributed by atoms with van der Waals surface area (Å²) in [7, 11) is 0. The fourth-order valence-corrected chi connectivity index (χ4v) is 2.66. The van der Waals surface area contributed by atoms with Crippen LogP contribution in [0.25, 0.3) is 11.5 Å². The molecule has 1 amide bonds. The minimum absolute atomic E-state index is 0.00124. The Balaban J connectivity index is 1.85. The van der Waals surface area contributed by atoms with Crippen LogP contribution in [0.4, 0.5) is 6.01 Å². The van der Waals surface area contributed by atoms with Gasteiger partial charge in [-0.15, -0.1) is 5.10 Å². The van der Waals surface area contributed by atoms with Gasteiger partial charge in [-0.2, -0.15) is 0 Å². The number of anilines is 1. The predicted molar refractivity (Wildman–Crippen MR) is 108 cm³/mol. The van der Waals surface area contributed by atoms with Crippen LogP contribution in [0.1, 0.15) is 31.1 Å². The molecule has 8 nitrogen and oxygen atoms in total. The zero-order valence-electron chi connectivity index (χ0n) is 16.6. The van der Waals surface area contributed by atoms with Crippen molar-refractivity contribution in [3.8, 4) is 28.7 Å². The summed E-state index contributed by atoms with van der Waals surface area (Å²) >= 11 is 0. The number of ether oxygens (including phenoxy) is 3. The lowest BCUT2D eigenvalue weighted by molar-refractivity contribution is 0.102. The molecule has 29 heavy (non-hydrogen) atoms. The Morgan fingerprint density at radius 1 is 0.931 bits per heavy atom. The lowest BCUT2D eigenvalue weighted by Gasteiger charge is -2.16. The molecular weight excluding hydrogens is 374 g/mol. The molecule has 0 aliphatic heterocycles. The van der Waals surface area contributed by atoms with E-state index in [1.54, 1.807) is 12.1 Å². The summed E-state index contributed by atoms with van der Waals surface area (Å²) in [5.41, 5.74) is 1.08. The normalized spacial score (nSPS) is 10.4. The molecule has 0 saturated heterocycles. The first kappa shape index (κ1) is 20.2. The molecule has 0 bridgehead atoms. The van der Waals surface area contributed by atoms with Gasteiger partial charge in [-0.1, -0.05) is 23.3 Å². The molecule has 3 aromatic rings. The van der Waals surface area contributed by atoms with Gasteiger partial charge in [-0.05, 0) is 45.0 Å². The molecule has 0 aliphatic rings. The van der Waals surface area contributed by atoms with Gasteiger partial charge in [-0.3, -0.25) is 10.1 Å². The molecule has 8 heteroatoms. The van der Waals surface area contributed by atoms with Crippen LogP contribution in [0.15, 0.2) is 46.9 Å². The zero-order chi connectivity index (χ0) is 20.6. The number of benzene rings is 2. The Bertz CT molecular complexity index is 929. The first-order valence-corrected chi connectivity index (χ1v) is 9.42. The Labute approximate surface area is 168 Å². The van der Waals surface area contributed by atoms with Gasteiger partial charge in [0.15, 0.2) is 11.5 Å². The van der Waals surface area contributed by atoms with Gasteiger partial charge in [-0.25, -0.2) is 0 Å². The van der Waals surface area contributed by atoms with Crippen LogP contribution >= 0.6 is 0 Å². The monoisotopic (exact) mass is 397 g/mol. The second-order valence-corrected chi connectivity index (χ2v) is 5.83. The molecule has 152 valence electrons. The number of nitrogens with zero attached hydrogens (tertiary/aromatic N) is 2. The molecule has 0 radical (unpaired) electrons. The molecular formula is C21H23N3O5. The summed E-state index contributed by atoms with van der Waals surface area (Å²) in [6.07, 6.45) is 0. The molecule has 2 aromatic carbocycles. The Hall–Kier alpha value is -3.55. The maximum atomic E-state index is 12.8. The second kappa shape index (κ2) is 9.59. The predicted octanol–water partition coefficient (Wildman–Crippen LogP) is 4.19. The van der Waals surface area contributed by atoms with E-state index in [4.69, 9.17) is 18.6 Å². The molecule has 0 atom stereocenters. The minimum Gasteiger partial charge on any atom is -0.490 e. The molecule has 0 fully saturated rings. The molecule has 1 N–H and O–H groups in total. The fraction of sp³-hybridized carbons (Fsp3) is 0.286. The quantitative estimate of drug-likeness (QED) is 0.578. The molecule has 0 saturated carbocycles. The lowest BCUT2D eigenvalue weighted by atomic mass is 10.1. The van der Waals surface area contributed by atoms with Gasteiger partial charge >= 0.3 is 6.01 Å². The molecule has 0 spiro atoms. The summed E-state index contributed by atoms with van der Waals surface area (Å²) in [5.74, 6) is 1.22. The number of hydrogen-bond donors (Lipinski definition) is 1. The number of rotatable bonds is 9. The Morgan fingerprint density at radius 3 is 2.14 bits per heavy atom. The average Bonchev–Trinajstić information content (AvgIpc) is 3.19. The topological polar surface area (TPSA) is 95.7 Å². The summed E-state index contributed by atoms with van der Waals surface area (Å²) < 4.78 is 22.5. The molecule has 0 aliphatic carbocycles. The van der Waals surface area contributed by atoms with E-state index in [0.29, 0.717) is 48.5 Å². The van der Waals surface area contributed by atoms with Crippen molar-refractivity contribution in [2.24, 2.45) is 0 Å². The van der Waals surface area contributed by atoms with Crippen LogP contribution in [0.3, 0.4) is 0 Å². The van der Waals surface area contributed by atoms with Crippen LogP contribution in [0, 0.1) is 0 Å². The highest BCUT2D eigenvalue weighted by Gasteiger charge is 2.20. The van der Waals surface area contributed by atoms with E-state index >= 15 is 0 Å². The first-order chi connectivity index (χ1) is 14.2. The number of hydrogen-bond acceptors (Lipinski definition) is 7. The Morgan fingerprint density at radius 2 is 1.55 bits per heavy atom. The molecule has 0 unspecified atom stereocenters. The summed E-state index contributed by atoms with van der Waals surface area (Å²) in [5, 5.41) is 10.5. The van der Waals surface area contributed by atoms with Crippen molar-refractivity contribution in [2.75, 3.05) is 25.1 Å². The standard InChI is InChI=1S/C21H23N3O5/c1-4-26-16-12-15(13-17(27-5-2)18(16)28-6-3)19(25)22-21-24-23-20(29-21)14-10-8-7-9-11-14/h7-13H,4-6H2,1-3H3,(H,22,24,25). The van der Waals surface area contributed by atoms with E-state index < -0.39 is 5.91 Å². The summed E-state index contributed by atoms with van der Waals surface area (Å²) in [6.45, 7) is 6.85. The van der Waals surface area contributed by atoms with Gasteiger partial charge in [0.25, 0.3) is 5.91 Å². The smallest absolute Gasteiger partial charge is 0.322 e.